The zero-order valence-corrected chi connectivity index (χ0v) is 11.6. The van der Waals surface area contributed by atoms with Crippen LogP contribution in [-0.4, -0.2) is 28.8 Å². The highest BCUT2D eigenvalue weighted by atomic mass is 32.2. The lowest BCUT2D eigenvalue weighted by Gasteiger charge is -2.11. The Morgan fingerprint density at radius 2 is 2.06 bits per heavy atom. The predicted molar refractivity (Wildman–Crippen MR) is 76.7 cm³/mol. The van der Waals surface area contributed by atoms with E-state index in [1.165, 1.54) is 5.56 Å². The van der Waals surface area contributed by atoms with Gasteiger partial charge in [0.1, 0.15) is 0 Å². The maximum Gasteiger partial charge on any atom is 0.307 e. The van der Waals surface area contributed by atoms with Gasteiger partial charge in [-0.1, -0.05) is 30.3 Å². The van der Waals surface area contributed by atoms with Gasteiger partial charge in [-0.05, 0) is 24.0 Å². The second-order valence-electron chi connectivity index (χ2n) is 3.82. The Labute approximate surface area is 111 Å². The molecule has 2 nitrogen and oxygen atoms in total. The summed E-state index contributed by atoms with van der Waals surface area (Å²) in [6, 6.07) is 10.2. The van der Waals surface area contributed by atoms with Crippen LogP contribution in [0.25, 0.3) is 0 Å². The first kappa shape index (κ1) is 14.5. The molecule has 1 aromatic carbocycles. The number of hydrogen-bond donors (Lipinski definition) is 1. The minimum absolute atomic E-state index is 0.212. The molecule has 0 amide bonds. The first-order valence-electron chi connectivity index (χ1n) is 5.57. The lowest BCUT2D eigenvalue weighted by atomic mass is 10.1. The van der Waals surface area contributed by atoms with E-state index in [4.69, 9.17) is 5.11 Å². The lowest BCUT2D eigenvalue weighted by Crippen LogP contribution is -2.17. The fraction of sp³-hybridized carbons (Fsp3) is 0.462. The van der Waals surface area contributed by atoms with Gasteiger partial charge in [0.25, 0.3) is 0 Å². The number of carboxylic acids is 1. The van der Waals surface area contributed by atoms with Crippen molar-refractivity contribution >= 4 is 29.5 Å². The summed E-state index contributed by atoms with van der Waals surface area (Å²) in [5.74, 6) is 1.63. The average Bonchev–Trinajstić information content (AvgIpc) is 2.34. The van der Waals surface area contributed by atoms with E-state index in [9.17, 15) is 4.79 Å². The monoisotopic (exact) mass is 270 g/mol. The number of thioether (sulfide) groups is 2. The lowest BCUT2D eigenvalue weighted by molar-refractivity contribution is -0.140. The van der Waals surface area contributed by atoms with Crippen molar-refractivity contribution < 1.29 is 9.90 Å². The summed E-state index contributed by atoms with van der Waals surface area (Å²) in [5, 5.41) is 9.07. The number of aliphatic carboxylic acids is 1. The molecule has 0 bridgehead atoms. The van der Waals surface area contributed by atoms with Crippen LogP contribution in [0.5, 0.6) is 0 Å². The van der Waals surface area contributed by atoms with E-state index in [0.29, 0.717) is 5.75 Å². The van der Waals surface area contributed by atoms with Crippen LogP contribution < -0.4 is 0 Å². The van der Waals surface area contributed by atoms with Crippen LogP contribution in [-0.2, 0) is 10.5 Å². The maximum atomic E-state index is 11.0. The topological polar surface area (TPSA) is 37.3 Å². The number of hydrogen-bond acceptors (Lipinski definition) is 3. The smallest absolute Gasteiger partial charge is 0.307 e. The van der Waals surface area contributed by atoms with Crippen LogP contribution in [0.3, 0.4) is 0 Å². The molecule has 17 heavy (non-hydrogen) atoms. The summed E-state index contributed by atoms with van der Waals surface area (Å²) in [6.07, 6.45) is 2.77. The molecule has 94 valence electrons. The van der Waals surface area contributed by atoms with Crippen LogP contribution >= 0.6 is 23.5 Å². The molecule has 0 unspecified atom stereocenters. The number of carboxylic acid groups (broad SMARTS) is 1. The normalized spacial score (nSPS) is 12.3. The van der Waals surface area contributed by atoms with Crippen molar-refractivity contribution in [2.75, 3.05) is 17.8 Å². The van der Waals surface area contributed by atoms with Crippen LogP contribution in [0.1, 0.15) is 12.0 Å². The number of carbonyl (C=O) groups is 1. The SMILES string of the molecule is CSCC[C@H](CSCc1ccccc1)C(=O)O. The van der Waals surface area contributed by atoms with E-state index in [0.717, 1.165) is 17.9 Å². The van der Waals surface area contributed by atoms with E-state index in [1.54, 1.807) is 23.5 Å². The van der Waals surface area contributed by atoms with Crippen molar-refractivity contribution in [3.63, 3.8) is 0 Å². The minimum Gasteiger partial charge on any atom is -0.481 e. The van der Waals surface area contributed by atoms with Crippen LogP contribution in [0.15, 0.2) is 30.3 Å². The van der Waals surface area contributed by atoms with Crippen molar-refractivity contribution in [2.24, 2.45) is 5.92 Å². The van der Waals surface area contributed by atoms with Gasteiger partial charge in [-0.2, -0.15) is 23.5 Å². The van der Waals surface area contributed by atoms with Gasteiger partial charge < -0.3 is 5.11 Å². The van der Waals surface area contributed by atoms with E-state index >= 15 is 0 Å². The van der Waals surface area contributed by atoms with Crippen molar-refractivity contribution in [1.29, 1.82) is 0 Å². The van der Waals surface area contributed by atoms with Crippen LogP contribution in [0.4, 0.5) is 0 Å². The quantitative estimate of drug-likeness (QED) is 0.786. The third kappa shape index (κ3) is 6.03. The van der Waals surface area contributed by atoms with Crippen LogP contribution in [0, 0.1) is 5.92 Å². The van der Waals surface area contributed by atoms with E-state index < -0.39 is 5.97 Å². The molecule has 0 radical (unpaired) electrons. The van der Waals surface area contributed by atoms with Gasteiger partial charge in [0.05, 0.1) is 5.92 Å². The molecule has 1 rings (SSSR count). The molecule has 0 heterocycles. The number of benzene rings is 1. The second kappa shape index (κ2) is 8.48. The third-order valence-electron chi connectivity index (χ3n) is 2.45. The first-order valence-corrected chi connectivity index (χ1v) is 8.12. The number of rotatable bonds is 8. The summed E-state index contributed by atoms with van der Waals surface area (Å²) in [5.41, 5.74) is 1.26. The molecular weight excluding hydrogens is 252 g/mol. The van der Waals surface area contributed by atoms with Gasteiger partial charge in [-0.25, -0.2) is 0 Å². The zero-order chi connectivity index (χ0) is 12.5. The molecule has 0 aliphatic heterocycles. The highest BCUT2D eigenvalue weighted by Crippen LogP contribution is 2.18. The molecule has 0 aliphatic carbocycles. The van der Waals surface area contributed by atoms with Gasteiger partial charge in [-0.15, -0.1) is 0 Å². The van der Waals surface area contributed by atoms with Gasteiger partial charge >= 0.3 is 5.97 Å². The van der Waals surface area contributed by atoms with Gasteiger partial charge in [0, 0.05) is 11.5 Å². The van der Waals surface area contributed by atoms with E-state index in [1.807, 2.05) is 24.5 Å². The molecule has 1 aromatic rings. The predicted octanol–water partition coefficient (Wildman–Crippen LogP) is 3.37. The summed E-state index contributed by atoms with van der Waals surface area (Å²) < 4.78 is 0. The van der Waals surface area contributed by atoms with Gasteiger partial charge in [-0.3, -0.25) is 4.79 Å². The summed E-state index contributed by atoms with van der Waals surface area (Å²) in [4.78, 5) is 11.0. The van der Waals surface area contributed by atoms with Crippen molar-refractivity contribution in [2.45, 2.75) is 12.2 Å². The van der Waals surface area contributed by atoms with Crippen LogP contribution in [0.2, 0.25) is 0 Å². The Morgan fingerprint density at radius 3 is 2.65 bits per heavy atom. The molecule has 1 atom stereocenters. The van der Waals surface area contributed by atoms with Crippen molar-refractivity contribution in [3.05, 3.63) is 35.9 Å². The largest absolute Gasteiger partial charge is 0.481 e. The maximum absolute atomic E-state index is 11.0. The molecule has 4 heteroatoms. The van der Waals surface area contributed by atoms with E-state index in [-0.39, 0.29) is 5.92 Å². The zero-order valence-electron chi connectivity index (χ0n) is 9.96. The Kier molecular flexibility index (Phi) is 7.21. The molecule has 0 saturated carbocycles. The second-order valence-corrected chi connectivity index (χ2v) is 5.83. The molecule has 1 N–H and O–H groups in total. The molecule has 0 aliphatic rings. The fourth-order valence-electron chi connectivity index (χ4n) is 1.43. The van der Waals surface area contributed by atoms with E-state index in [2.05, 4.69) is 12.1 Å². The standard InChI is InChI=1S/C13H18O2S2/c1-16-8-7-12(13(14)15)10-17-9-11-5-3-2-4-6-11/h2-6,12H,7-10H2,1H3,(H,14,15)/t12-/m1/s1. The summed E-state index contributed by atoms with van der Waals surface area (Å²) in [6.45, 7) is 0. The van der Waals surface area contributed by atoms with Gasteiger partial charge in [0.15, 0.2) is 0 Å². The minimum atomic E-state index is -0.667. The Morgan fingerprint density at radius 1 is 1.35 bits per heavy atom. The first-order chi connectivity index (χ1) is 8.24. The molecule has 0 saturated heterocycles. The Balaban J connectivity index is 2.29. The van der Waals surface area contributed by atoms with Crippen molar-refractivity contribution in [1.82, 2.24) is 0 Å². The molecule has 0 aromatic heterocycles. The van der Waals surface area contributed by atoms with Crippen molar-refractivity contribution in [3.8, 4) is 0 Å². The fourth-order valence-corrected chi connectivity index (χ4v) is 3.09. The molecule has 0 fully saturated rings. The molecular formula is C13H18O2S2. The summed E-state index contributed by atoms with van der Waals surface area (Å²) >= 11 is 3.41. The Hall–Kier alpha value is -0.610. The highest BCUT2D eigenvalue weighted by Gasteiger charge is 2.16. The Bertz CT molecular complexity index is 327. The average molecular weight is 270 g/mol. The van der Waals surface area contributed by atoms with Gasteiger partial charge in [0.2, 0.25) is 0 Å². The molecule has 0 spiro atoms. The third-order valence-corrected chi connectivity index (χ3v) is 4.27. The highest BCUT2D eigenvalue weighted by molar-refractivity contribution is 7.98. The summed E-state index contributed by atoms with van der Waals surface area (Å²) in [7, 11) is 0.